The lowest BCUT2D eigenvalue weighted by Crippen LogP contribution is -2.23. The first kappa shape index (κ1) is 19.7. The first-order chi connectivity index (χ1) is 12.1. The Morgan fingerprint density at radius 2 is 1.81 bits per heavy atom. The summed E-state index contributed by atoms with van der Waals surface area (Å²) >= 11 is 0. The van der Waals surface area contributed by atoms with Crippen LogP contribution in [0.15, 0.2) is 53.4 Å². The Hall–Kier alpha value is -2.59. The van der Waals surface area contributed by atoms with Crippen molar-refractivity contribution in [2.75, 3.05) is 11.8 Å². The minimum Gasteiger partial charge on any atom is -0.465 e. The third-order valence-corrected chi connectivity index (χ3v) is 4.74. The fourth-order valence-electron chi connectivity index (χ4n) is 2.12. The topological polar surface area (TPSA) is 92.7 Å². The minimum atomic E-state index is -4.97. The summed E-state index contributed by atoms with van der Waals surface area (Å²) in [6.45, 7) is 0. The van der Waals surface area contributed by atoms with E-state index in [1.165, 1.54) is 24.3 Å². The normalized spacial score (nSPS) is 13.1. The highest BCUT2D eigenvalue weighted by molar-refractivity contribution is 7.92. The third kappa shape index (κ3) is 4.33. The Morgan fingerprint density at radius 1 is 1.15 bits per heavy atom. The summed E-state index contributed by atoms with van der Waals surface area (Å²) in [4.78, 5) is 11.2. The molecule has 26 heavy (non-hydrogen) atoms. The molecule has 0 bridgehead atoms. The van der Waals surface area contributed by atoms with Gasteiger partial charge in [0.05, 0.1) is 23.3 Å². The van der Waals surface area contributed by atoms with Gasteiger partial charge in [-0.3, -0.25) is 4.72 Å². The predicted molar refractivity (Wildman–Crippen MR) is 86.0 cm³/mol. The van der Waals surface area contributed by atoms with Crippen molar-refractivity contribution in [2.24, 2.45) is 0 Å². The molecule has 0 fully saturated rings. The average molecular weight is 389 g/mol. The van der Waals surface area contributed by atoms with Crippen LogP contribution in [0.5, 0.6) is 0 Å². The van der Waals surface area contributed by atoms with Crippen LogP contribution in [0.4, 0.5) is 18.9 Å². The number of para-hydroxylation sites is 1. The first-order valence-corrected chi connectivity index (χ1v) is 8.59. The van der Waals surface area contributed by atoms with Gasteiger partial charge >= 0.3 is 12.1 Å². The maximum Gasteiger partial charge on any atom is 0.418 e. The molecule has 6 nitrogen and oxygen atoms in total. The maximum absolute atomic E-state index is 12.8. The molecule has 140 valence electrons. The predicted octanol–water partition coefficient (Wildman–Crippen LogP) is 2.87. The molecule has 0 aromatic heterocycles. The van der Waals surface area contributed by atoms with E-state index in [0.29, 0.717) is 0 Å². The molecule has 0 saturated heterocycles. The fraction of sp³-hybridized carbons (Fsp3) is 0.188. The van der Waals surface area contributed by atoms with Gasteiger partial charge in [0.15, 0.2) is 6.10 Å². The van der Waals surface area contributed by atoms with Gasteiger partial charge in [-0.05, 0) is 24.3 Å². The standard InChI is InChI=1S/C16H14F3NO5S/c1-25-15(22)10-5-4-6-11(9-10)26(23,24)20-13-8-3-2-7-12(13)14(21)16(17,18)19/h2-9,14,20-21H,1H3. The number of methoxy groups -OCH3 is 1. The number of aliphatic hydroxyl groups excluding tert-OH is 1. The summed E-state index contributed by atoms with van der Waals surface area (Å²) in [5, 5.41) is 9.43. The van der Waals surface area contributed by atoms with E-state index in [0.717, 1.165) is 31.4 Å². The Kier molecular flexibility index (Phi) is 5.57. The van der Waals surface area contributed by atoms with Crippen molar-refractivity contribution in [3.05, 3.63) is 59.7 Å². The quantitative estimate of drug-likeness (QED) is 0.767. The van der Waals surface area contributed by atoms with Crippen LogP contribution < -0.4 is 4.72 Å². The molecule has 2 rings (SSSR count). The number of ether oxygens (including phenoxy) is 1. The second-order valence-electron chi connectivity index (χ2n) is 5.16. The van der Waals surface area contributed by atoms with E-state index in [2.05, 4.69) is 4.74 Å². The number of hydrogen-bond acceptors (Lipinski definition) is 5. The van der Waals surface area contributed by atoms with Crippen LogP contribution >= 0.6 is 0 Å². The summed E-state index contributed by atoms with van der Waals surface area (Å²) < 4.78 is 69.7. The van der Waals surface area contributed by atoms with Gasteiger partial charge in [-0.15, -0.1) is 0 Å². The number of esters is 1. The zero-order valence-corrected chi connectivity index (χ0v) is 14.1. The molecular weight excluding hydrogens is 375 g/mol. The highest BCUT2D eigenvalue weighted by Crippen LogP contribution is 2.36. The zero-order valence-electron chi connectivity index (χ0n) is 13.3. The van der Waals surface area contributed by atoms with E-state index in [9.17, 15) is 31.5 Å². The monoisotopic (exact) mass is 389 g/mol. The first-order valence-electron chi connectivity index (χ1n) is 7.11. The number of aliphatic hydroxyl groups is 1. The van der Waals surface area contributed by atoms with Crippen molar-refractivity contribution in [3.63, 3.8) is 0 Å². The number of benzene rings is 2. The summed E-state index contributed by atoms with van der Waals surface area (Å²) in [6.07, 6.45) is -7.82. The third-order valence-electron chi connectivity index (χ3n) is 3.38. The van der Waals surface area contributed by atoms with E-state index >= 15 is 0 Å². The van der Waals surface area contributed by atoms with Crippen molar-refractivity contribution in [1.29, 1.82) is 0 Å². The van der Waals surface area contributed by atoms with E-state index in [1.54, 1.807) is 0 Å². The Morgan fingerprint density at radius 3 is 2.42 bits per heavy atom. The highest BCUT2D eigenvalue weighted by Gasteiger charge is 2.40. The smallest absolute Gasteiger partial charge is 0.418 e. The number of nitrogens with one attached hydrogen (secondary N) is 1. The van der Waals surface area contributed by atoms with Gasteiger partial charge in [-0.25, -0.2) is 13.2 Å². The molecule has 2 aromatic rings. The molecule has 0 saturated carbocycles. The number of anilines is 1. The molecule has 0 heterocycles. The van der Waals surface area contributed by atoms with Crippen molar-refractivity contribution in [1.82, 2.24) is 0 Å². The minimum absolute atomic E-state index is 0.0426. The van der Waals surface area contributed by atoms with Crippen molar-refractivity contribution >= 4 is 21.7 Å². The number of hydrogen-bond donors (Lipinski definition) is 2. The molecule has 2 aromatic carbocycles. The molecule has 0 radical (unpaired) electrons. The van der Waals surface area contributed by atoms with E-state index in [4.69, 9.17) is 0 Å². The molecule has 0 aliphatic heterocycles. The van der Waals surface area contributed by atoms with Crippen LogP contribution in [0.3, 0.4) is 0 Å². The molecule has 1 atom stereocenters. The lowest BCUT2D eigenvalue weighted by molar-refractivity contribution is -0.206. The number of sulfonamides is 1. The molecule has 10 heteroatoms. The van der Waals surface area contributed by atoms with Crippen LogP contribution in [-0.4, -0.2) is 32.8 Å². The van der Waals surface area contributed by atoms with Crippen LogP contribution in [0.1, 0.15) is 22.0 Å². The van der Waals surface area contributed by atoms with Gasteiger partial charge in [0.2, 0.25) is 0 Å². The van der Waals surface area contributed by atoms with Crippen molar-refractivity contribution in [2.45, 2.75) is 17.2 Å². The highest BCUT2D eigenvalue weighted by atomic mass is 32.2. The Bertz CT molecular complexity index is 912. The molecule has 0 aliphatic carbocycles. The summed E-state index contributed by atoms with van der Waals surface area (Å²) in [6, 6.07) is 9.40. The second kappa shape index (κ2) is 7.34. The summed E-state index contributed by atoms with van der Waals surface area (Å²) in [5.41, 5.74) is -1.12. The van der Waals surface area contributed by atoms with Crippen molar-refractivity contribution in [3.8, 4) is 0 Å². The van der Waals surface area contributed by atoms with Gasteiger partial charge in [0.25, 0.3) is 10.0 Å². The van der Waals surface area contributed by atoms with Gasteiger partial charge in [-0.1, -0.05) is 24.3 Å². The van der Waals surface area contributed by atoms with Crippen LogP contribution in [0, 0.1) is 0 Å². The van der Waals surface area contributed by atoms with E-state index in [1.807, 2.05) is 4.72 Å². The summed E-state index contributed by atoms with van der Waals surface area (Å²) in [7, 11) is -3.19. The molecule has 2 N–H and O–H groups in total. The Labute approximate surface area is 147 Å². The number of halogens is 3. The molecule has 0 spiro atoms. The number of rotatable bonds is 5. The molecule has 0 amide bonds. The lowest BCUT2D eigenvalue weighted by atomic mass is 10.1. The Balaban J connectivity index is 2.41. The zero-order chi connectivity index (χ0) is 19.5. The van der Waals surface area contributed by atoms with Crippen LogP contribution in [0.25, 0.3) is 0 Å². The van der Waals surface area contributed by atoms with Gasteiger partial charge in [-0.2, -0.15) is 13.2 Å². The van der Waals surface area contributed by atoms with Crippen molar-refractivity contribution < 1.29 is 36.2 Å². The molecule has 1 unspecified atom stereocenters. The molecular formula is C16H14F3NO5S. The SMILES string of the molecule is COC(=O)c1cccc(S(=O)(=O)Nc2ccccc2C(O)C(F)(F)F)c1. The maximum atomic E-state index is 12.8. The van der Waals surface area contributed by atoms with Crippen LogP contribution in [-0.2, 0) is 14.8 Å². The number of carbonyl (C=O) groups is 1. The van der Waals surface area contributed by atoms with E-state index < -0.39 is 39.5 Å². The molecule has 0 aliphatic rings. The van der Waals surface area contributed by atoms with Crippen LogP contribution in [0.2, 0.25) is 0 Å². The largest absolute Gasteiger partial charge is 0.465 e. The van der Waals surface area contributed by atoms with Gasteiger partial charge in [0, 0.05) is 5.56 Å². The fourth-order valence-corrected chi connectivity index (χ4v) is 3.25. The van der Waals surface area contributed by atoms with Gasteiger partial charge < -0.3 is 9.84 Å². The number of carbonyl (C=O) groups excluding carboxylic acids is 1. The second-order valence-corrected chi connectivity index (χ2v) is 6.84. The average Bonchev–Trinajstić information content (AvgIpc) is 2.60. The summed E-state index contributed by atoms with van der Waals surface area (Å²) in [5.74, 6) is -0.769. The van der Waals surface area contributed by atoms with Gasteiger partial charge in [0.1, 0.15) is 0 Å². The lowest BCUT2D eigenvalue weighted by Gasteiger charge is -2.19. The van der Waals surface area contributed by atoms with E-state index in [-0.39, 0.29) is 10.5 Å². The number of alkyl halides is 3.